The molecule has 2 heterocycles. The monoisotopic (exact) mass is 305 g/mol. The van der Waals surface area contributed by atoms with Crippen molar-refractivity contribution in [3.05, 3.63) is 39.8 Å². The minimum absolute atomic E-state index is 0.107. The molecule has 2 aromatic rings. The van der Waals surface area contributed by atoms with Crippen molar-refractivity contribution in [3.8, 4) is 0 Å². The summed E-state index contributed by atoms with van der Waals surface area (Å²) in [6.45, 7) is 1.82. The number of nitrogens with two attached hydrogens (primary N) is 1. The van der Waals surface area contributed by atoms with Gasteiger partial charge in [0.25, 0.3) is 0 Å². The van der Waals surface area contributed by atoms with Crippen LogP contribution in [-0.4, -0.2) is 24.0 Å². The Balaban J connectivity index is 2.11. The number of hydrogen-bond acceptors (Lipinski definition) is 6. The highest BCUT2D eigenvalue weighted by Crippen LogP contribution is 2.28. The lowest BCUT2D eigenvalue weighted by Gasteiger charge is -2.07. The van der Waals surface area contributed by atoms with Gasteiger partial charge in [-0.15, -0.1) is 11.3 Å². The first kappa shape index (κ1) is 15.0. The minimum Gasteiger partial charge on any atom is -0.465 e. The molecule has 0 atom stereocenters. The summed E-state index contributed by atoms with van der Waals surface area (Å²) < 4.78 is 4.70. The van der Waals surface area contributed by atoms with Gasteiger partial charge in [-0.05, 0) is 30.0 Å². The number of rotatable bonds is 4. The summed E-state index contributed by atoms with van der Waals surface area (Å²) in [5.74, 6) is -0.715. The number of amides is 1. The molecule has 0 radical (unpaired) electrons. The third kappa shape index (κ3) is 3.57. The van der Waals surface area contributed by atoms with E-state index in [1.54, 1.807) is 17.5 Å². The summed E-state index contributed by atoms with van der Waals surface area (Å²) in [7, 11) is 1.31. The fourth-order valence-corrected chi connectivity index (χ4v) is 2.65. The summed E-state index contributed by atoms with van der Waals surface area (Å²) in [4.78, 5) is 28.1. The lowest BCUT2D eigenvalue weighted by molar-refractivity contribution is -0.115. The van der Waals surface area contributed by atoms with E-state index in [4.69, 9.17) is 10.5 Å². The van der Waals surface area contributed by atoms with E-state index in [0.717, 1.165) is 5.56 Å². The fraction of sp³-hybridized carbons (Fsp3) is 0.214. The lowest BCUT2D eigenvalue weighted by atomic mass is 10.2. The number of aryl methyl sites for hydroxylation is 1. The molecular formula is C14H15N3O3S. The Morgan fingerprint density at radius 1 is 1.43 bits per heavy atom. The number of thiophene rings is 1. The smallest absolute Gasteiger partial charge is 0.350 e. The van der Waals surface area contributed by atoms with Crippen LogP contribution < -0.4 is 11.1 Å². The van der Waals surface area contributed by atoms with Crippen molar-refractivity contribution < 1.29 is 14.3 Å². The molecule has 0 aliphatic carbocycles. The van der Waals surface area contributed by atoms with Crippen LogP contribution in [0.15, 0.2) is 23.7 Å². The van der Waals surface area contributed by atoms with Gasteiger partial charge in [0.15, 0.2) is 0 Å². The predicted octanol–water partition coefficient (Wildman–Crippen LogP) is 2.00. The molecule has 2 aromatic heterocycles. The zero-order valence-electron chi connectivity index (χ0n) is 11.7. The Morgan fingerprint density at radius 3 is 2.81 bits per heavy atom. The van der Waals surface area contributed by atoms with Crippen molar-refractivity contribution in [3.63, 3.8) is 0 Å². The number of nitrogens with zero attached hydrogens (tertiary/aromatic N) is 1. The number of hydrogen-bond donors (Lipinski definition) is 2. The van der Waals surface area contributed by atoms with Gasteiger partial charge in [-0.3, -0.25) is 9.78 Å². The normalized spacial score (nSPS) is 10.2. The summed E-state index contributed by atoms with van der Waals surface area (Å²) in [6.07, 6.45) is 1.61. The molecule has 6 nitrogen and oxygen atoms in total. The van der Waals surface area contributed by atoms with Crippen LogP contribution in [0.3, 0.4) is 0 Å². The maximum absolute atomic E-state index is 12.1. The number of anilines is 2. The average Bonchev–Trinajstić information content (AvgIpc) is 2.82. The van der Waals surface area contributed by atoms with Gasteiger partial charge in [-0.2, -0.15) is 0 Å². The first-order chi connectivity index (χ1) is 10.0. The van der Waals surface area contributed by atoms with E-state index in [1.807, 2.05) is 6.92 Å². The first-order valence-corrected chi connectivity index (χ1v) is 7.06. The van der Waals surface area contributed by atoms with E-state index >= 15 is 0 Å². The predicted molar refractivity (Wildman–Crippen MR) is 81.4 cm³/mol. The average molecular weight is 305 g/mol. The number of aromatic nitrogens is 1. The van der Waals surface area contributed by atoms with Crippen molar-refractivity contribution in [1.29, 1.82) is 0 Å². The van der Waals surface area contributed by atoms with Crippen molar-refractivity contribution in [1.82, 2.24) is 4.98 Å². The van der Waals surface area contributed by atoms with Crippen LogP contribution in [0.2, 0.25) is 0 Å². The van der Waals surface area contributed by atoms with E-state index in [0.29, 0.717) is 21.9 Å². The van der Waals surface area contributed by atoms with Gasteiger partial charge in [0, 0.05) is 5.69 Å². The van der Waals surface area contributed by atoms with Gasteiger partial charge in [0.1, 0.15) is 4.88 Å². The second-order valence-electron chi connectivity index (χ2n) is 4.42. The van der Waals surface area contributed by atoms with Gasteiger partial charge < -0.3 is 15.8 Å². The van der Waals surface area contributed by atoms with Crippen molar-refractivity contribution in [2.45, 2.75) is 13.3 Å². The van der Waals surface area contributed by atoms with Crippen molar-refractivity contribution in [2.24, 2.45) is 0 Å². The lowest BCUT2D eigenvalue weighted by Crippen LogP contribution is -2.17. The van der Waals surface area contributed by atoms with Crippen LogP contribution in [0.1, 0.15) is 20.9 Å². The highest BCUT2D eigenvalue weighted by molar-refractivity contribution is 7.12. The molecule has 110 valence electrons. The van der Waals surface area contributed by atoms with Crippen LogP contribution in [-0.2, 0) is 16.0 Å². The highest BCUT2D eigenvalue weighted by atomic mass is 32.1. The zero-order chi connectivity index (χ0) is 15.4. The number of carbonyl (C=O) groups is 2. The second kappa shape index (κ2) is 6.36. The molecule has 7 heteroatoms. The molecule has 0 aliphatic rings. The fourth-order valence-electron chi connectivity index (χ4n) is 1.73. The number of carbonyl (C=O) groups excluding carboxylic acids is 2. The molecule has 3 N–H and O–H groups in total. The van der Waals surface area contributed by atoms with Gasteiger partial charge in [-0.25, -0.2) is 4.79 Å². The van der Waals surface area contributed by atoms with Crippen LogP contribution in [0, 0.1) is 6.92 Å². The molecule has 0 bridgehead atoms. The number of nitrogen functional groups attached to an aromatic ring is 1. The quantitative estimate of drug-likeness (QED) is 0.843. The van der Waals surface area contributed by atoms with E-state index in [9.17, 15) is 9.59 Å². The van der Waals surface area contributed by atoms with E-state index in [1.165, 1.54) is 24.6 Å². The molecule has 0 aromatic carbocycles. The number of esters is 1. The Bertz CT molecular complexity index is 665. The molecule has 21 heavy (non-hydrogen) atoms. The maximum Gasteiger partial charge on any atom is 0.350 e. The van der Waals surface area contributed by atoms with Crippen LogP contribution in [0.25, 0.3) is 0 Å². The Kier molecular flexibility index (Phi) is 4.54. The van der Waals surface area contributed by atoms with E-state index < -0.39 is 5.97 Å². The first-order valence-electron chi connectivity index (χ1n) is 6.18. The van der Waals surface area contributed by atoms with E-state index in [-0.39, 0.29) is 12.3 Å². The molecule has 0 aliphatic heterocycles. The number of nitrogens with one attached hydrogen (secondary N) is 1. The number of pyridine rings is 1. The second-order valence-corrected chi connectivity index (χ2v) is 5.30. The topological polar surface area (TPSA) is 94.3 Å². The minimum atomic E-state index is -0.464. The highest BCUT2D eigenvalue weighted by Gasteiger charge is 2.18. The molecule has 0 spiro atoms. The van der Waals surface area contributed by atoms with Crippen LogP contribution in [0.4, 0.5) is 11.4 Å². The summed E-state index contributed by atoms with van der Waals surface area (Å²) in [5.41, 5.74) is 8.00. The Morgan fingerprint density at radius 2 is 2.19 bits per heavy atom. The zero-order valence-corrected chi connectivity index (χ0v) is 12.5. The maximum atomic E-state index is 12.1. The largest absolute Gasteiger partial charge is 0.465 e. The third-order valence-corrected chi connectivity index (χ3v) is 3.88. The molecule has 0 saturated carbocycles. The molecule has 0 fully saturated rings. The molecule has 0 saturated heterocycles. The Labute approximate surface area is 125 Å². The number of methoxy groups -OCH3 is 1. The van der Waals surface area contributed by atoms with Crippen LogP contribution in [0.5, 0.6) is 0 Å². The Hall–Kier alpha value is -2.41. The molecule has 1 amide bonds. The molecular weight excluding hydrogens is 290 g/mol. The summed E-state index contributed by atoms with van der Waals surface area (Å²) >= 11 is 1.24. The van der Waals surface area contributed by atoms with Crippen molar-refractivity contribution >= 4 is 34.6 Å². The standard InChI is InChI=1S/C14H15N3O3S/c1-8-7-21-13(14(19)20-2)12(8)17-11(18)5-10-4-3-9(15)6-16-10/h3-4,6-7H,5,15H2,1-2H3,(H,17,18). The van der Waals surface area contributed by atoms with Gasteiger partial charge in [0.05, 0.1) is 31.1 Å². The third-order valence-electron chi connectivity index (χ3n) is 2.80. The summed E-state index contributed by atoms with van der Waals surface area (Å²) in [6, 6.07) is 3.38. The number of ether oxygens (including phenoxy) is 1. The van der Waals surface area contributed by atoms with Gasteiger partial charge >= 0.3 is 5.97 Å². The summed E-state index contributed by atoms with van der Waals surface area (Å²) in [5, 5.41) is 4.53. The van der Waals surface area contributed by atoms with Gasteiger partial charge in [0.2, 0.25) is 5.91 Å². The van der Waals surface area contributed by atoms with Crippen LogP contribution >= 0.6 is 11.3 Å². The van der Waals surface area contributed by atoms with Crippen molar-refractivity contribution in [2.75, 3.05) is 18.2 Å². The van der Waals surface area contributed by atoms with Gasteiger partial charge in [-0.1, -0.05) is 0 Å². The SMILES string of the molecule is COC(=O)c1scc(C)c1NC(=O)Cc1ccc(N)cn1. The molecule has 2 rings (SSSR count). The van der Waals surface area contributed by atoms with E-state index in [2.05, 4.69) is 10.3 Å². The molecule has 0 unspecified atom stereocenters.